The highest BCUT2D eigenvalue weighted by molar-refractivity contribution is 6.03. The number of rotatable bonds is 32. The molecule has 0 aliphatic rings. The number of nitrogens with zero attached hydrogens (tertiary/aromatic N) is 2. The predicted octanol–water partition coefficient (Wildman–Crippen LogP) is 4.36. The Balaban J connectivity index is 1.25. The van der Waals surface area contributed by atoms with Crippen molar-refractivity contribution >= 4 is 59.2 Å². The van der Waals surface area contributed by atoms with Crippen molar-refractivity contribution < 1.29 is 75.0 Å². The lowest BCUT2D eigenvalue weighted by Crippen LogP contribution is -2.47. The Morgan fingerprint density at radius 1 is 0.405 bits per heavy atom. The standard InChI is InChI=1S/C60H66F4N8O12/c1-83-59(81)49(69-55(77)41-16-24-47(63)25-17-41)10-3-5-30-65-51(73)35-71(37-53(75)67-32-28-39-12-20-45(61)21-13-39)57(79)43-8-7-9-44(34-43)58(80)72(38-54(76)68-33-29-40-14-22-46(62)23-15-40)36-52(74)66-31-6-4-11-50(60(82)84-2)70-56(78)42-18-26-48(64)27-19-42/h7-9,12-27,34,49-50H,3-6,10-11,28-33,35-38H2,1-2H3,(H,65,73)(H,66,74)(H,67,75)(H,68,76)(H,69,77)(H,70,78)/t49-,50-/m0/s1. The number of hydrogen-bond donors (Lipinski definition) is 6. The Bertz CT molecular complexity index is 2860. The van der Waals surface area contributed by atoms with Gasteiger partial charge in [0.15, 0.2) is 0 Å². The first-order valence-electron chi connectivity index (χ1n) is 26.8. The lowest BCUT2D eigenvalue weighted by atomic mass is 10.1. The van der Waals surface area contributed by atoms with Crippen molar-refractivity contribution in [3.63, 3.8) is 0 Å². The molecule has 446 valence electrons. The van der Waals surface area contributed by atoms with Gasteiger partial charge in [0.2, 0.25) is 23.6 Å². The summed E-state index contributed by atoms with van der Waals surface area (Å²) in [7, 11) is 2.30. The number of nitrogens with one attached hydrogen (secondary N) is 6. The summed E-state index contributed by atoms with van der Waals surface area (Å²) >= 11 is 0. The summed E-state index contributed by atoms with van der Waals surface area (Å²) in [6, 6.07) is 23.7. The molecule has 0 saturated heterocycles. The van der Waals surface area contributed by atoms with Gasteiger partial charge in [0.05, 0.1) is 14.2 Å². The molecule has 5 aromatic carbocycles. The highest BCUT2D eigenvalue weighted by Gasteiger charge is 2.27. The van der Waals surface area contributed by atoms with E-state index in [0.717, 1.165) is 48.3 Å². The summed E-state index contributed by atoms with van der Waals surface area (Å²) in [5.41, 5.74) is 1.34. The molecular weight excluding hydrogens is 1100 g/mol. The van der Waals surface area contributed by atoms with Crippen molar-refractivity contribution in [2.75, 3.05) is 66.6 Å². The van der Waals surface area contributed by atoms with E-state index >= 15 is 0 Å². The Labute approximate surface area is 482 Å². The van der Waals surface area contributed by atoms with E-state index in [0.29, 0.717) is 36.8 Å². The number of amides is 8. The number of esters is 2. The van der Waals surface area contributed by atoms with Gasteiger partial charge in [-0.05, 0) is 153 Å². The van der Waals surface area contributed by atoms with Crippen molar-refractivity contribution in [3.05, 3.63) is 178 Å². The molecule has 0 radical (unpaired) electrons. The molecule has 0 fully saturated rings. The van der Waals surface area contributed by atoms with Crippen LogP contribution in [0.25, 0.3) is 0 Å². The zero-order valence-electron chi connectivity index (χ0n) is 46.3. The molecule has 0 spiro atoms. The SMILES string of the molecule is COC(=O)[C@H](CCCCNC(=O)CN(CC(=O)NCCc1ccc(F)cc1)C(=O)c1cccc(C(=O)N(CC(=O)NCCCC[C@H](NC(=O)c2ccc(F)cc2)C(=O)OC)CC(=O)NCCc2ccc(F)cc2)c1)NC(=O)c1ccc(F)cc1. The van der Waals surface area contributed by atoms with Crippen LogP contribution in [0, 0.1) is 23.3 Å². The molecule has 8 amide bonds. The minimum atomic E-state index is -1.07. The molecular formula is C60H66F4N8O12. The second-order valence-electron chi connectivity index (χ2n) is 19.2. The van der Waals surface area contributed by atoms with Crippen LogP contribution < -0.4 is 31.9 Å². The maximum atomic E-state index is 14.3. The molecule has 0 aromatic heterocycles. The van der Waals surface area contributed by atoms with Crippen LogP contribution in [0.3, 0.4) is 0 Å². The largest absolute Gasteiger partial charge is 0.467 e. The van der Waals surface area contributed by atoms with E-state index in [1.54, 1.807) is 24.3 Å². The molecule has 2 atom stereocenters. The maximum absolute atomic E-state index is 14.3. The molecule has 5 aromatic rings. The molecule has 0 unspecified atom stereocenters. The lowest BCUT2D eigenvalue weighted by molar-refractivity contribution is -0.143. The normalized spacial score (nSPS) is 11.4. The fraction of sp³-hybridized carbons (Fsp3) is 0.333. The Morgan fingerprint density at radius 2 is 0.714 bits per heavy atom. The van der Waals surface area contributed by atoms with Gasteiger partial charge in [0.25, 0.3) is 23.6 Å². The van der Waals surface area contributed by atoms with E-state index in [2.05, 4.69) is 31.9 Å². The van der Waals surface area contributed by atoms with Gasteiger partial charge in [-0.1, -0.05) is 30.3 Å². The number of methoxy groups -OCH3 is 2. The van der Waals surface area contributed by atoms with Crippen LogP contribution in [0.4, 0.5) is 17.6 Å². The molecule has 6 N–H and O–H groups in total. The minimum absolute atomic E-state index is 0.0350. The van der Waals surface area contributed by atoms with Crippen LogP contribution >= 0.6 is 0 Å². The van der Waals surface area contributed by atoms with Crippen molar-refractivity contribution in [1.29, 1.82) is 0 Å². The molecule has 0 heterocycles. The third-order valence-corrected chi connectivity index (χ3v) is 12.8. The topological polar surface area (TPSA) is 268 Å². The minimum Gasteiger partial charge on any atom is -0.467 e. The van der Waals surface area contributed by atoms with E-state index in [4.69, 9.17) is 9.47 Å². The average Bonchev–Trinajstić information content (AvgIpc) is 3.63. The van der Waals surface area contributed by atoms with E-state index < -0.39 is 121 Å². The van der Waals surface area contributed by atoms with Gasteiger partial charge >= 0.3 is 11.9 Å². The Kier molecular flexibility index (Phi) is 26.5. The third-order valence-electron chi connectivity index (χ3n) is 12.8. The molecule has 0 aliphatic carbocycles. The third kappa shape index (κ3) is 22.5. The number of halogens is 4. The van der Waals surface area contributed by atoms with Crippen molar-refractivity contribution in [1.82, 2.24) is 41.7 Å². The van der Waals surface area contributed by atoms with E-state index in [1.165, 1.54) is 72.8 Å². The zero-order valence-corrected chi connectivity index (χ0v) is 46.3. The summed E-state index contributed by atoms with van der Waals surface area (Å²) < 4.78 is 63.5. The number of hydrogen-bond acceptors (Lipinski definition) is 12. The van der Waals surface area contributed by atoms with E-state index in [9.17, 15) is 65.5 Å². The number of carbonyl (C=O) groups is 10. The van der Waals surface area contributed by atoms with Crippen LogP contribution in [-0.4, -0.2) is 148 Å². The summed E-state index contributed by atoms with van der Waals surface area (Å²) in [6.45, 7) is -2.35. The second-order valence-corrected chi connectivity index (χ2v) is 19.2. The first-order valence-corrected chi connectivity index (χ1v) is 26.8. The van der Waals surface area contributed by atoms with E-state index in [1.807, 2.05) is 0 Å². The Hall–Kier alpha value is -9.48. The number of benzene rings is 5. The summed E-state index contributed by atoms with van der Waals surface area (Å²) in [5, 5.41) is 15.8. The monoisotopic (exact) mass is 1170 g/mol. The van der Waals surface area contributed by atoms with Gasteiger partial charge in [-0.15, -0.1) is 0 Å². The molecule has 5 rings (SSSR count). The number of ether oxygens (including phenoxy) is 2. The van der Waals surface area contributed by atoms with Crippen LogP contribution in [0.5, 0.6) is 0 Å². The number of unbranched alkanes of at least 4 members (excludes halogenated alkanes) is 2. The van der Waals surface area contributed by atoms with E-state index in [-0.39, 0.29) is 74.1 Å². The van der Waals surface area contributed by atoms with Crippen molar-refractivity contribution in [3.8, 4) is 0 Å². The van der Waals surface area contributed by atoms with Crippen LogP contribution in [0.15, 0.2) is 121 Å². The summed E-state index contributed by atoms with van der Waals surface area (Å²) in [6.07, 6.45) is 1.97. The fourth-order valence-electron chi connectivity index (χ4n) is 8.33. The second kappa shape index (κ2) is 34.1. The molecule has 24 heteroatoms. The van der Waals surface area contributed by atoms with Gasteiger partial charge in [-0.2, -0.15) is 0 Å². The predicted molar refractivity (Wildman–Crippen MR) is 298 cm³/mol. The molecule has 0 saturated carbocycles. The summed E-state index contributed by atoms with van der Waals surface area (Å²) in [5.74, 6) is -9.16. The Morgan fingerprint density at radius 3 is 1.04 bits per heavy atom. The smallest absolute Gasteiger partial charge is 0.328 e. The van der Waals surface area contributed by atoms with Gasteiger partial charge in [0, 0.05) is 48.4 Å². The maximum Gasteiger partial charge on any atom is 0.328 e. The number of carbonyl (C=O) groups excluding carboxylic acids is 10. The van der Waals surface area contributed by atoms with Crippen LogP contribution in [0.1, 0.15) is 91.1 Å². The van der Waals surface area contributed by atoms with Gasteiger partial charge in [-0.25, -0.2) is 27.2 Å². The molecule has 0 aliphatic heterocycles. The highest BCUT2D eigenvalue weighted by atomic mass is 19.1. The van der Waals surface area contributed by atoms with Gasteiger partial charge < -0.3 is 51.2 Å². The van der Waals surface area contributed by atoms with Gasteiger partial charge in [-0.3, -0.25) is 38.4 Å². The van der Waals surface area contributed by atoms with Crippen molar-refractivity contribution in [2.24, 2.45) is 0 Å². The van der Waals surface area contributed by atoms with Crippen molar-refractivity contribution in [2.45, 2.75) is 63.5 Å². The lowest BCUT2D eigenvalue weighted by Gasteiger charge is -2.24. The average molecular weight is 1170 g/mol. The first-order chi connectivity index (χ1) is 40.3. The first kappa shape index (κ1) is 65.3. The fourth-order valence-corrected chi connectivity index (χ4v) is 8.33. The molecule has 20 nitrogen and oxygen atoms in total. The zero-order chi connectivity index (χ0) is 61.0. The highest BCUT2D eigenvalue weighted by Crippen LogP contribution is 2.14. The molecule has 84 heavy (non-hydrogen) atoms. The van der Waals surface area contributed by atoms with Gasteiger partial charge in [0.1, 0.15) is 61.5 Å². The summed E-state index contributed by atoms with van der Waals surface area (Å²) in [4.78, 5) is 135. The van der Waals surface area contributed by atoms with Crippen LogP contribution in [0.2, 0.25) is 0 Å². The quantitative estimate of drug-likeness (QED) is 0.0199. The van der Waals surface area contributed by atoms with Crippen LogP contribution in [-0.2, 0) is 51.1 Å². The molecule has 0 bridgehead atoms.